The monoisotopic (exact) mass is 436 g/mol. The zero-order valence-corrected chi connectivity index (χ0v) is 18.1. The normalized spacial score (nSPS) is 15.1. The van der Waals surface area contributed by atoms with Gasteiger partial charge in [0.15, 0.2) is 0 Å². The third-order valence-corrected chi connectivity index (χ3v) is 5.76. The van der Waals surface area contributed by atoms with Crippen molar-refractivity contribution in [3.63, 3.8) is 0 Å². The Bertz CT molecular complexity index is 808. The fourth-order valence-corrected chi connectivity index (χ4v) is 4.11. The van der Waals surface area contributed by atoms with E-state index in [4.69, 9.17) is 17.3 Å². The quantitative estimate of drug-likeness (QED) is 0.361. The van der Waals surface area contributed by atoms with Crippen molar-refractivity contribution in [3.05, 3.63) is 40.3 Å². The second-order valence-corrected chi connectivity index (χ2v) is 7.92. The molecule has 0 spiro atoms. The lowest BCUT2D eigenvalue weighted by Crippen LogP contribution is -2.34. The topological polar surface area (TPSA) is 87.2 Å². The van der Waals surface area contributed by atoms with E-state index in [1.807, 2.05) is 6.92 Å². The Hall–Kier alpha value is -2.23. The van der Waals surface area contributed by atoms with Crippen LogP contribution in [-0.4, -0.2) is 70.4 Å². The maximum absolute atomic E-state index is 12.7. The van der Waals surface area contributed by atoms with Crippen LogP contribution in [0.15, 0.2) is 29.2 Å². The summed E-state index contributed by atoms with van der Waals surface area (Å²) in [5.74, 6) is -0.654. The Morgan fingerprint density at radius 2 is 2.00 bits per heavy atom. The van der Waals surface area contributed by atoms with Gasteiger partial charge in [-0.25, -0.2) is 4.79 Å². The van der Waals surface area contributed by atoms with Gasteiger partial charge in [-0.15, -0.1) is 0 Å². The second kappa shape index (κ2) is 11.1. The minimum atomic E-state index is -0.418. The van der Waals surface area contributed by atoms with Gasteiger partial charge in [-0.1, -0.05) is 36.1 Å². The molecule has 1 saturated heterocycles. The van der Waals surface area contributed by atoms with Gasteiger partial charge >= 0.3 is 5.97 Å². The van der Waals surface area contributed by atoms with Crippen molar-refractivity contribution in [1.82, 2.24) is 9.80 Å². The largest absolute Gasteiger partial charge is 0.465 e. The van der Waals surface area contributed by atoms with Gasteiger partial charge in [-0.3, -0.25) is 14.5 Å². The smallest absolute Gasteiger partial charge is 0.337 e. The van der Waals surface area contributed by atoms with Gasteiger partial charge < -0.3 is 14.7 Å². The van der Waals surface area contributed by atoms with E-state index in [0.29, 0.717) is 47.3 Å². The minimum absolute atomic E-state index is 0.0479. The molecule has 1 aromatic rings. The van der Waals surface area contributed by atoms with Gasteiger partial charge in [0, 0.05) is 26.1 Å². The summed E-state index contributed by atoms with van der Waals surface area (Å²) < 4.78 is 5.13. The molecule has 0 radical (unpaired) electrons. The first-order chi connectivity index (χ1) is 13.9. The highest BCUT2D eigenvalue weighted by atomic mass is 32.2. The van der Waals surface area contributed by atoms with Crippen molar-refractivity contribution in [1.29, 1.82) is 0 Å². The number of benzene rings is 1. The van der Waals surface area contributed by atoms with Crippen LogP contribution in [0.2, 0.25) is 0 Å². The number of carbonyl (C=O) groups excluding carboxylic acids is 3. The summed E-state index contributed by atoms with van der Waals surface area (Å²) in [6.45, 7) is 3.01. The molecule has 2 amide bonds. The highest BCUT2D eigenvalue weighted by molar-refractivity contribution is 8.26. The van der Waals surface area contributed by atoms with Crippen LogP contribution in [0.1, 0.15) is 35.7 Å². The van der Waals surface area contributed by atoms with Crippen molar-refractivity contribution in [2.75, 3.05) is 33.4 Å². The number of thiocarbonyl (C=S) groups is 1. The fraction of sp³-hybridized carbons (Fsp3) is 0.400. The van der Waals surface area contributed by atoms with Crippen LogP contribution < -0.4 is 0 Å². The number of thioether (sulfide) groups is 1. The first kappa shape index (κ1) is 23.1. The number of hydrogen-bond donors (Lipinski definition) is 1. The molecule has 1 heterocycles. The van der Waals surface area contributed by atoms with Gasteiger partial charge in [-0.05, 0) is 37.1 Å². The summed E-state index contributed by atoms with van der Waals surface area (Å²) in [4.78, 5) is 39.9. The number of aliphatic hydroxyl groups excluding tert-OH is 1. The maximum Gasteiger partial charge on any atom is 0.337 e. The number of ether oxygens (including phenoxy) is 1. The average Bonchev–Trinajstić information content (AvgIpc) is 2.99. The van der Waals surface area contributed by atoms with Gasteiger partial charge in [0.05, 0.1) is 24.2 Å². The molecule has 1 aliphatic rings. The van der Waals surface area contributed by atoms with Crippen molar-refractivity contribution < 1.29 is 24.2 Å². The maximum atomic E-state index is 12.7. The zero-order chi connectivity index (χ0) is 21.4. The zero-order valence-electron chi connectivity index (χ0n) is 16.4. The van der Waals surface area contributed by atoms with Crippen molar-refractivity contribution >= 4 is 52.2 Å². The highest BCUT2D eigenvalue weighted by Crippen LogP contribution is 2.32. The molecular formula is C20H24N2O5S2. The molecule has 156 valence electrons. The molecule has 0 aliphatic carbocycles. The van der Waals surface area contributed by atoms with Gasteiger partial charge in [0.1, 0.15) is 4.32 Å². The number of carbonyl (C=O) groups is 3. The Morgan fingerprint density at radius 1 is 1.31 bits per heavy atom. The van der Waals surface area contributed by atoms with Crippen molar-refractivity contribution in [2.45, 2.75) is 19.8 Å². The predicted molar refractivity (Wildman–Crippen MR) is 116 cm³/mol. The number of methoxy groups -OCH3 is 1. The van der Waals surface area contributed by atoms with E-state index in [1.165, 1.54) is 23.8 Å². The Kier molecular flexibility index (Phi) is 8.81. The molecule has 7 nitrogen and oxygen atoms in total. The summed E-state index contributed by atoms with van der Waals surface area (Å²) in [5, 5.41) is 8.99. The third kappa shape index (κ3) is 6.12. The number of esters is 1. The molecule has 2 rings (SSSR count). The van der Waals surface area contributed by atoms with Crippen molar-refractivity contribution in [3.8, 4) is 0 Å². The van der Waals surface area contributed by atoms with E-state index < -0.39 is 5.97 Å². The van der Waals surface area contributed by atoms with Gasteiger partial charge in [0.25, 0.3) is 5.91 Å². The lowest BCUT2D eigenvalue weighted by molar-refractivity contribution is -0.132. The van der Waals surface area contributed by atoms with Gasteiger partial charge in [-0.2, -0.15) is 0 Å². The summed E-state index contributed by atoms with van der Waals surface area (Å²) in [5.41, 5.74) is 1.21. The molecule has 1 aromatic carbocycles. The second-order valence-electron chi connectivity index (χ2n) is 6.25. The number of aliphatic hydroxyl groups is 1. The number of likely N-dealkylation sites (N-methyl/N-ethyl adjacent to an activating group) is 1. The number of hydrogen-bond acceptors (Lipinski definition) is 7. The standard InChI is InChI=1S/C20H24N2O5S2/c1-3-21(11-12-23)17(24)5-4-10-22-18(25)16(29-20(22)28)13-14-6-8-15(9-7-14)19(26)27-2/h6-9,13,23H,3-5,10-12H2,1-2H3. The van der Waals surface area contributed by atoms with Crippen LogP contribution in [0.3, 0.4) is 0 Å². The molecule has 0 saturated carbocycles. The van der Waals surface area contributed by atoms with Crippen LogP contribution in [0.5, 0.6) is 0 Å². The molecule has 0 aromatic heterocycles. The van der Waals surface area contributed by atoms with E-state index in [1.54, 1.807) is 35.2 Å². The van der Waals surface area contributed by atoms with Crippen LogP contribution in [-0.2, 0) is 14.3 Å². The Morgan fingerprint density at radius 3 is 2.59 bits per heavy atom. The SMILES string of the molecule is CCN(CCO)C(=O)CCCN1C(=O)C(=Cc2ccc(C(=O)OC)cc2)SC1=S. The van der Waals surface area contributed by atoms with E-state index in [0.717, 1.165) is 5.56 Å². The summed E-state index contributed by atoms with van der Waals surface area (Å²) in [6.07, 6.45) is 2.51. The average molecular weight is 437 g/mol. The highest BCUT2D eigenvalue weighted by Gasteiger charge is 2.31. The third-order valence-electron chi connectivity index (χ3n) is 4.38. The van der Waals surface area contributed by atoms with Crippen LogP contribution in [0, 0.1) is 0 Å². The lowest BCUT2D eigenvalue weighted by Gasteiger charge is -2.20. The number of nitrogens with zero attached hydrogens (tertiary/aromatic N) is 2. The molecule has 29 heavy (non-hydrogen) atoms. The van der Waals surface area contributed by atoms with E-state index in [9.17, 15) is 14.4 Å². The molecule has 0 bridgehead atoms. The summed E-state index contributed by atoms with van der Waals surface area (Å²) in [6, 6.07) is 6.74. The molecule has 1 aliphatic heterocycles. The molecular weight excluding hydrogens is 412 g/mol. The predicted octanol–water partition coefficient (Wildman–Crippen LogP) is 2.30. The van der Waals surface area contributed by atoms with Crippen LogP contribution >= 0.6 is 24.0 Å². The Labute approximate surface area is 179 Å². The summed E-state index contributed by atoms with van der Waals surface area (Å²) >= 11 is 6.53. The summed E-state index contributed by atoms with van der Waals surface area (Å²) in [7, 11) is 1.32. The van der Waals surface area contributed by atoms with E-state index in [-0.39, 0.29) is 18.4 Å². The van der Waals surface area contributed by atoms with Crippen molar-refractivity contribution in [2.24, 2.45) is 0 Å². The molecule has 9 heteroatoms. The molecule has 1 fully saturated rings. The number of rotatable bonds is 9. The van der Waals surface area contributed by atoms with E-state index in [2.05, 4.69) is 4.74 Å². The Balaban J connectivity index is 1.96. The van der Waals surface area contributed by atoms with Crippen LogP contribution in [0.4, 0.5) is 0 Å². The lowest BCUT2D eigenvalue weighted by atomic mass is 10.1. The van der Waals surface area contributed by atoms with Gasteiger partial charge in [0.2, 0.25) is 5.91 Å². The van der Waals surface area contributed by atoms with Crippen LogP contribution in [0.25, 0.3) is 6.08 Å². The minimum Gasteiger partial charge on any atom is -0.465 e. The molecule has 1 N–H and O–H groups in total. The first-order valence-corrected chi connectivity index (χ1v) is 10.5. The number of amides is 2. The molecule has 0 unspecified atom stereocenters. The van der Waals surface area contributed by atoms with E-state index >= 15 is 0 Å². The first-order valence-electron chi connectivity index (χ1n) is 9.23. The fourth-order valence-electron chi connectivity index (χ4n) is 2.80. The molecule has 0 atom stereocenters.